The Hall–Kier alpha value is -2.72. The molecule has 0 radical (unpaired) electrons. The molecule has 2 heterocycles. The number of hydrogen-bond acceptors (Lipinski definition) is 2. The number of rotatable bonds is 2. The van der Waals surface area contributed by atoms with Gasteiger partial charge in [-0.3, -0.25) is 0 Å². The highest BCUT2D eigenvalue weighted by molar-refractivity contribution is 6.31. The molecule has 2 aromatic carbocycles. The van der Waals surface area contributed by atoms with Crippen molar-refractivity contribution in [3.63, 3.8) is 0 Å². The van der Waals surface area contributed by atoms with Crippen molar-refractivity contribution in [2.24, 2.45) is 0 Å². The molecule has 0 bridgehead atoms. The van der Waals surface area contributed by atoms with E-state index in [1.165, 1.54) is 0 Å². The molecule has 24 heavy (non-hydrogen) atoms. The third-order valence-corrected chi connectivity index (χ3v) is 4.39. The van der Waals surface area contributed by atoms with Crippen molar-refractivity contribution in [1.29, 1.82) is 0 Å². The molecule has 0 atom stereocenters. The predicted octanol–water partition coefficient (Wildman–Crippen LogP) is 4.90. The van der Waals surface area contributed by atoms with Gasteiger partial charge >= 0.3 is 5.97 Å². The van der Waals surface area contributed by atoms with Crippen molar-refractivity contribution in [3.05, 3.63) is 64.3 Å². The highest BCUT2D eigenvalue weighted by Crippen LogP contribution is 2.43. The molecule has 120 valence electrons. The second-order valence-corrected chi connectivity index (χ2v) is 6.27. The first-order valence-corrected chi connectivity index (χ1v) is 7.90. The molecule has 0 saturated heterocycles. The van der Waals surface area contributed by atoms with Gasteiger partial charge in [-0.05, 0) is 42.3 Å². The van der Waals surface area contributed by atoms with Gasteiger partial charge in [0.05, 0.1) is 5.69 Å². The first-order chi connectivity index (χ1) is 11.5. The number of aromatic nitrogens is 1. The van der Waals surface area contributed by atoms with Crippen molar-refractivity contribution >= 4 is 17.6 Å². The summed E-state index contributed by atoms with van der Waals surface area (Å²) in [6.45, 7) is 2.25. The molecule has 0 fully saturated rings. The van der Waals surface area contributed by atoms with Crippen molar-refractivity contribution in [1.82, 2.24) is 4.98 Å². The second kappa shape index (κ2) is 5.42. The largest absolute Gasteiger partial charge is 0.488 e. The van der Waals surface area contributed by atoms with E-state index in [2.05, 4.69) is 4.98 Å². The van der Waals surface area contributed by atoms with Crippen LogP contribution in [0, 0.1) is 6.92 Å². The van der Waals surface area contributed by atoms with E-state index in [0.717, 1.165) is 33.7 Å². The average Bonchev–Trinajstić information content (AvgIpc) is 2.94. The molecule has 0 aliphatic carbocycles. The van der Waals surface area contributed by atoms with Crippen molar-refractivity contribution < 1.29 is 14.6 Å². The first kappa shape index (κ1) is 14.8. The maximum absolute atomic E-state index is 11.8. The lowest BCUT2D eigenvalue weighted by atomic mass is 9.95. The lowest BCUT2D eigenvalue weighted by molar-refractivity contribution is 0.0692. The van der Waals surface area contributed by atoms with E-state index in [1.807, 2.05) is 43.3 Å². The molecule has 4 rings (SSSR count). The number of hydrogen-bond donors (Lipinski definition) is 2. The van der Waals surface area contributed by atoms with Crippen molar-refractivity contribution in [2.45, 2.75) is 13.5 Å². The average molecular weight is 340 g/mol. The monoisotopic (exact) mass is 339 g/mol. The summed E-state index contributed by atoms with van der Waals surface area (Å²) in [5, 5.41) is 10.2. The normalized spacial score (nSPS) is 12.2. The van der Waals surface area contributed by atoms with Crippen LogP contribution in [-0.4, -0.2) is 16.1 Å². The second-order valence-electron chi connectivity index (χ2n) is 5.84. The number of fused-ring (bicyclic) bond motifs is 3. The molecule has 0 saturated carbocycles. The van der Waals surface area contributed by atoms with E-state index >= 15 is 0 Å². The molecule has 5 heteroatoms. The minimum absolute atomic E-state index is 0.155. The van der Waals surface area contributed by atoms with Gasteiger partial charge in [-0.1, -0.05) is 29.8 Å². The van der Waals surface area contributed by atoms with Crippen LogP contribution in [0.4, 0.5) is 0 Å². The summed E-state index contributed by atoms with van der Waals surface area (Å²) in [6, 6.07) is 13.2. The number of nitrogens with one attached hydrogen (secondary N) is 1. The Balaban J connectivity index is 2.02. The van der Waals surface area contributed by atoms with Gasteiger partial charge in [0, 0.05) is 21.7 Å². The Labute approximate surface area is 143 Å². The van der Waals surface area contributed by atoms with E-state index in [0.29, 0.717) is 17.2 Å². The Morgan fingerprint density at radius 3 is 2.79 bits per heavy atom. The van der Waals surface area contributed by atoms with Crippen LogP contribution in [0.3, 0.4) is 0 Å². The number of halogens is 1. The van der Waals surface area contributed by atoms with Crippen LogP contribution in [-0.2, 0) is 6.61 Å². The molecule has 0 amide bonds. The Morgan fingerprint density at radius 2 is 2.04 bits per heavy atom. The van der Waals surface area contributed by atoms with Crippen molar-refractivity contribution in [2.75, 3.05) is 0 Å². The molecule has 1 aromatic heterocycles. The number of aromatic carboxylic acids is 1. The molecular weight excluding hydrogens is 326 g/mol. The molecule has 4 nitrogen and oxygen atoms in total. The zero-order valence-corrected chi connectivity index (χ0v) is 13.6. The van der Waals surface area contributed by atoms with E-state index in [4.69, 9.17) is 16.3 Å². The van der Waals surface area contributed by atoms with Crippen LogP contribution < -0.4 is 4.74 Å². The lowest BCUT2D eigenvalue weighted by Gasteiger charge is -2.18. The SMILES string of the molecule is Cc1cc(Cl)cc(-c2c(C(=O)O)[nH]c3c2COc2ccccc2-3)c1. The molecule has 1 aliphatic heterocycles. The minimum Gasteiger partial charge on any atom is -0.488 e. The van der Waals surface area contributed by atoms with Gasteiger partial charge in [0.25, 0.3) is 0 Å². The highest BCUT2D eigenvalue weighted by atomic mass is 35.5. The summed E-state index contributed by atoms with van der Waals surface area (Å²) in [5.74, 6) is -0.258. The number of H-pyrrole nitrogens is 1. The number of benzene rings is 2. The molecule has 0 unspecified atom stereocenters. The maximum Gasteiger partial charge on any atom is 0.352 e. The zero-order valence-electron chi connectivity index (χ0n) is 12.9. The van der Waals surface area contributed by atoms with Crippen LogP contribution in [0.2, 0.25) is 5.02 Å². The summed E-state index contributed by atoms with van der Waals surface area (Å²) in [6.07, 6.45) is 0. The van der Waals surface area contributed by atoms with Crippen LogP contribution in [0.1, 0.15) is 21.6 Å². The molecular formula is C19H14ClNO3. The molecule has 2 N–H and O–H groups in total. The van der Waals surface area contributed by atoms with Crippen LogP contribution in [0.25, 0.3) is 22.4 Å². The van der Waals surface area contributed by atoms with Gasteiger partial charge in [-0.15, -0.1) is 0 Å². The number of carbonyl (C=O) groups is 1. The number of ether oxygens (including phenoxy) is 1. The first-order valence-electron chi connectivity index (χ1n) is 7.52. The van der Waals surface area contributed by atoms with E-state index in [-0.39, 0.29) is 5.69 Å². The fraction of sp³-hybridized carbons (Fsp3) is 0.105. The number of aryl methyl sites for hydroxylation is 1. The molecule has 1 aliphatic rings. The van der Waals surface area contributed by atoms with Crippen molar-refractivity contribution in [3.8, 4) is 28.1 Å². The Bertz CT molecular complexity index is 954. The minimum atomic E-state index is -1.01. The standard InChI is InChI=1S/C19H14ClNO3/c1-10-6-11(8-12(20)7-10)16-14-9-24-15-5-3-2-4-13(15)17(14)21-18(16)19(22)23/h2-8,21H,9H2,1H3,(H,22,23). The summed E-state index contributed by atoms with van der Waals surface area (Å²) >= 11 is 6.17. The zero-order chi connectivity index (χ0) is 16.8. The lowest BCUT2D eigenvalue weighted by Crippen LogP contribution is -2.05. The van der Waals surface area contributed by atoms with Crippen LogP contribution >= 0.6 is 11.6 Å². The predicted molar refractivity (Wildman–Crippen MR) is 92.7 cm³/mol. The number of carboxylic acids is 1. The van der Waals surface area contributed by atoms with Gasteiger partial charge in [0.2, 0.25) is 0 Å². The summed E-state index contributed by atoms with van der Waals surface area (Å²) in [7, 11) is 0. The van der Waals surface area contributed by atoms with Gasteiger partial charge in [0.15, 0.2) is 0 Å². The Kier molecular flexibility index (Phi) is 3.36. The number of para-hydroxylation sites is 1. The third kappa shape index (κ3) is 2.27. The fourth-order valence-electron chi connectivity index (χ4n) is 3.22. The summed E-state index contributed by atoms with van der Waals surface area (Å²) in [5.41, 5.74) is 5.04. The van der Waals surface area contributed by atoms with E-state index in [1.54, 1.807) is 6.07 Å². The summed E-state index contributed by atoms with van der Waals surface area (Å²) < 4.78 is 5.82. The fourth-order valence-corrected chi connectivity index (χ4v) is 3.51. The Morgan fingerprint density at radius 1 is 1.25 bits per heavy atom. The van der Waals surface area contributed by atoms with E-state index in [9.17, 15) is 9.90 Å². The van der Waals surface area contributed by atoms with Crippen LogP contribution in [0.15, 0.2) is 42.5 Å². The smallest absolute Gasteiger partial charge is 0.352 e. The van der Waals surface area contributed by atoms with Gasteiger partial charge < -0.3 is 14.8 Å². The topological polar surface area (TPSA) is 62.3 Å². The number of aromatic amines is 1. The summed E-state index contributed by atoms with van der Waals surface area (Å²) in [4.78, 5) is 14.9. The molecule has 0 spiro atoms. The number of carboxylic acid groups (broad SMARTS) is 1. The van der Waals surface area contributed by atoms with Gasteiger partial charge in [0.1, 0.15) is 18.1 Å². The van der Waals surface area contributed by atoms with Gasteiger partial charge in [-0.25, -0.2) is 4.79 Å². The maximum atomic E-state index is 11.8. The third-order valence-electron chi connectivity index (χ3n) is 4.18. The van der Waals surface area contributed by atoms with Crippen LogP contribution in [0.5, 0.6) is 5.75 Å². The highest BCUT2D eigenvalue weighted by Gasteiger charge is 2.28. The molecule has 3 aromatic rings. The van der Waals surface area contributed by atoms with Gasteiger partial charge in [-0.2, -0.15) is 0 Å². The van der Waals surface area contributed by atoms with E-state index < -0.39 is 5.97 Å². The quantitative estimate of drug-likeness (QED) is 0.698.